The molecule has 76 valence electrons. The van der Waals surface area contributed by atoms with Gasteiger partial charge in [-0.3, -0.25) is 9.59 Å². The molecule has 0 bridgehead atoms. The van der Waals surface area contributed by atoms with E-state index in [0.717, 1.165) is 17.2 Å². The first-order chi connectivity index (χ1) is 6.43. The van der Waals surface area contributed by atoms with Crippen molar-refractivity contribution in [3.8, 4) is 0 Å². The van der Waals surface area contributed by atoms with Gasteiger partial charge < -0.3 is 10.1 Å². The number of hydrogen-bond donors (Lipinski definition) is 2. The second-order valence-electron chi connectivity index (χ2n) is 3.29. The summed E-state index contributed by atoms with van der Waals surface area (Å²) in [6.07, 6.45) is 1.99. The molecule has 0 unspecified atom stereocenters. The van der Waals surface area contributed by atoms with Crippen LogP contribution >= 0.6 is 0 Å². The van der Waals surface area contributed by atoms with Gasteiger partial charge in [-0.15, -0.1) is 0 Å². The van der Waals surface area contributed by atoms with Crippen LogP contribution in [-0.4, -0.2) is 27.7 Å². The minimum atomic E-state index is -0.624. The van der Waals surface area contributed by atoms with Crippen LogP contribution in [-0.2, 0) is 9.59 Å². The molecule has 0 atom stereocenters. The second kappa shape index (κ2) is 3.63. The molecule has 1 aliphatic rings. The van der Waals surface area contributed by atoms with E-state index in [1.807, 2.05) is 0 Å². The van der Waals surface area contributed by atoms with Crippen LogP contribution < -0.4 is 5.84 Å². The minimum absolute atomic E-state index is 0.0185. The summed E-state index contributed by atoms with van der Waals surface area (Å²) in [6, 6.07) is -0.121. The Bertz CT molecular complexity index is 342. The summed E-state index contributed by atoms with van der Waals surface area (Å²) in [5, 5.41) is 10.3. The van der Waals surface area contributed by atoms with E-state index in [4.69, 9.17) is 10.9 Å². The van der Waals surface area contributed by atoms with Gasteiger partial charge in [-0.25, -0.2) is 5.84 Å². The average molecular weight is 196 g/mol. The van der Waals surface area contributed by atoms with E-state index in [1.165, 1.54) is 0 Å². The molecule has 0 saturated carbocycles. The van der Waals surface area contributed by atoms with Crippen molar-refractivity contribution in [1.29, 1.82) is 0 Å². The fourth-order valence-corrected chi connectivity index (χ4v) is 1.04. The van der Waals surface area contributed by atoms with Crippen LogP contribution in [0.1, 0.15) is 13.8 Å². The van der Waals surface area contributed by atoms with E-state index in [0.29, 0.717) is 0 Å². The monoisotopic (exact) mass is 196 g/mol. The summed E-state index contributed by atoms with van der Waals surface area (Å²) in [7, 11) is 0. The van der Waals surface area contributed by atoms with Gasteiger partial charge in [0.2, 0.25) is 5.78 Å². The smallest absolute Gasteiger partial charge is 0.244 e. The van der Waals surface area contributed by atoms with Crippen molar-refractivity contribution < 1.29 is 14.7 Å². The Morgan fingerprint density at radius 3 is 2.43 bits per heavy atom. The summed E-state index contributed by atoms with van der Waals surface area (Å²) >= 11 is 0. The maximum Gasteiger partial charge on any atom is 0.244 e. The largest absolute Gasteiger partial charge is 0.504 e. The number of aliphatic hydroxyl groups excluding tert-OH is 1. The van der Waals surface area contributed by atoms with Crippen molar-refractivity contribution in [3.63, 3.8) is 0 Å². The molecular formula is C9H12N2O3. The van der Waals surface area contributed by atoms with Crippen LogP contribution in [0.5, 0.6) is 0 Å². The summed E-state index contributed by atoms with van der Waals surface area (Å²) in [4.78, 5) is 22.4. The number of ketones is 2. The lowest BCUT2D eigenvalue weighted by Crippen LogP contribution is -2.41. The molecule has 0 aliphatic heterocycles. The zero-order valence-corrected chi connectivity index (χ0v) is 8.02. The Kier molecular flexibility index (Phi) is 2.71. The standard InChI is InChI=1S/C9H12N2O3/c1-5(2)11(10)7-3-6(12)4-8(13)9(7)14/h3-5,13H,10H2,1-2H3. The molecule has 0 radical (unpaired) electrons. The molecule has 3 N–H and O–H groups in total. The molecule has 0 aromatic carbocycles. The number of nitrogens with two attached hydrogens (primary N) is 1. The Balaban J connectivity index is 3.00. The topological polar surface area (TPSA) is 83.6 Å². The molecule has 1 rings (SSSR count). The predicted molar refractivity (Wildman–Crippen MR) is 50.0 cm³/mol. The molecule has 5 nitrogen and oxygen atoms in total. The Morgan fingerprint density at radius 1 is 1.36 bits per heavy atom. The number of allylic oxidation sites excluding steroid dienone is 2. The van der Waals surface area contributed by atoms with Crippen molar-refractivity contribution in [3.05, 3.63) is 23.6 Å². The highest BCUT2D eigenvalue weighted by molar-refractivity contribution is 6.18. The van der Waals surface area contributed by atoms with Crippen LogP contribution in [0.3, 0.4) is 0 Å². The second-order valence-corrected chi connectivity index (χ2v) is 3.29. The third-order valence-corrected chi connectivity index (χ3v) is 1.86. The van der Waals surface area contributed by atoms with Crippen molar-refractivity contribution in [1.82, 2.24) is 5.01 Å². The van der Waals surface area contributed by atoms with Gasteiger partial charge in [0.1, 0.15) is 5.70 Å². The Labute approximate surface area is 81.5 Å². The summed E-state index contributed by atoms with van der Waals surface area (Å²) in [6.45, 7) is 3.54. The first-order valence-electron chi connectivity index (χ1n) is 4.18. The van der Waals surface area contributed by atoms with Gasteiger partial charge in [0.15, 0.2) is 11.5 Å². The summed E-state index contributed by atoms with van der Waals surface area (Å²) < 4.78 is 0. The number of hydrazine groups is 1. The third-order valence-electron chi connectivity index (χ3n) is 1.86. The van der Waals surface area contributed by atoms with Gasteiger partial charge in [-0.1, -0.05) is 0 Å². The molecule has 0 spiro atoms. The third kappa shape index (κ3) is 1.82. The van der Waals surface area contributed by atoms with E-state index >= 15 is 0 Å². The number of nitrogens with zero attached hydrogens (tertiary/aromatic N) is 1. The number of carbonyl (C=O) groups is 2. The molecule has 0 aromatic rings. The first-order valence-corrected chi connectivity index (χ1v) is 4.18. The van der Waals surface area contributed by atoms with Crippen molar-refractivity contribution in [2.24, 2.45) is 5.84 Å². The fourth-order valence-electron chi connectivity index (χ4n) is 1.04. The molecule has 0 saturated heterocycles. The minimum Gasteiger partial charge on any atom is -0.504 e. The van der Waals surface area contributed by atoms with Crippen molar-refractivity contribution in [2.45, 2.75) is 19.9 Å². The fraction of sp³-hybridized carbons (Fsp3) is 0.333. The van der Waals surface area contributed by atoms with Crippen LogP contribution in [0, 0.1) is 0 Å². The molecule has 0 aromatic heterocycles. The maximum absolute atomic E-state index is 11.4. The Hall–Kier alpha value is -1.62. The Morgan fingerprint density at radius 2 is 1.93 bits per heavy atom. The van der Waals surface area contributed by atoms with Crippen molar-refractivity contribution in [2.75, 3.05) is 0 Å². The summed E-state index contributed by atoms with van der Waals surface area (Å²) in [5.41, 5.74) is 0.0185. The molecule has 1 aliphatic carbocycles. The highest BCUT2D eigenvalue weighted by Crippen LogP contribution is 2.14. The summed E-state index contributed by atoms with van der Waals surface area (Å²) in [5.74, 6) is 3.93. The van der Waals surface area contributed by atoms with Gasteiger partial charge in [0.05, 0.1) is 0 Å². The number of hydrogen-bond acceptors (Lipinski definition) is 5. The normalized spacial score (nSPS) is 16.9. The average Bonchev–Trinajstić information content (AvgIpc) is 2.09. The van der Waals surface area contributed by atoms with Gasteiger partial charge in [0, 0.05) is 18.2 Å². The highest BCUT2D eigenvalue weighted by Gasteiger charge is 2.25. The lowest BCUT2D eigenvalue weighted by atomic mass is 10.1. The SMILES string of the molecule is CC(C)N(N)C1=CC(=O)C=C(O)C1=O. The van der Waals surface area contributed by atoms with Crippen molar-refractivity contribution >= 4 is 11.6 Å². The van der Waals surface area contributed by atoms with Gasteiger partial charge >= 0.3 is 0 Å². The van der Waals surface area contributed by atoms with Crippen LogP contribution in [0.15, 0.2) is 23.6 Å². The van der Waals surface area contributed by atoms with E-state index < -0.39 is 17.3 Å². The van der Waals surface area contributed by atoms with Gasteiger partial charge in [-0.05, 0) is 13.8 Å². The quantitative estimate of drug-likeness (QED) is 0.370. The predicted octanol–water partition coefficient (Wildman–Crippen LogP) is 0.0481. The molecule has 5 heteroatoms. The van der Waals surface area contributed by atoms with Crippen LogP contribution in [0.25, 0.3) is 0 Å². The van der Waals surface area contributed by atoms with E-state index in [9.17, 15) is 9.59 Å². The zero-order chi connectivity index (χ0) is 10.9. The maximum atomic E-state index is 11.4. The van der Waals surface area contributed by atoms with Gasteiger partial charge in [0.25, 0.3) is 0 Å². The zero-order valence-electron chi connectivity index (χ0n) is 8.02. The number of Topliss-reactive ketones (excluding diaryl/α,β-unsaturated/α-hetero) is 1. The van der Waals surface area contributed by atoms with E-state index in [-0.39, 0.29) is 11.7 Å². The first kappa shape index (κ1) is 10.5. The molecule has 0 fully saturated rings. The number of carbonyl (C=O) groups excluding carboxylic acids is 2. The number of rotatable bonds is 2. The number of aliphatic hydroxyl groups is 1. The molecular weight excluding hydrogens is 184 g/mol. The molecule has 14 heavy (non-hydrogen) atoms. The highest BCUT2D eigenvalue weighted by atomic mass is 16.3. The molecule has 0 heterocycles. The van der Waals surface area contributed by atoms with E-state index in [2.05, 4.69) is 0 Å². The van der Waals surface area contributed by atoms with Crippen LogP contribution in [0.2, 0.25) is 0 Å². The van der Waals surface area contributed by atoms with Crippen LogP contribution in [0.4, 0.5) is 0 Å². The van der Waals surface area contributed by atoms with E-state index in [1.54, 1.807) is 13.8 Å². The lowest BCUT2D eigenvalue weighted by molar-refractivity contribution is -0.118. The lowest BCUT2D eigenvalue weighted by Gasteiger charge is -2.25. The van der Waals surface area contributed by atoms with Gasteiger partial charge in [-0.2, -0.15) is 0 Å². The molecule has 0 amide bonds.